The SMILES string of the molecule is COc1cc(NCCC(=O)NC(C)C)ccc1Br. The first kappa shape index (κ1) is 14.8. The van der Waals surface area contributed by atoms with Crippen molar-refractivity contribution >= 4 is 27.5 Å². The molecule has 0 radical (unpaired) electrons. The molecule has 4 nitrogen and oxygen atoms in total. The monoisotopic (exact) mass is 314 g/mol. The smallest absolute Gasteiger partial charge is 0.221 e. The number of halogens is 1. The highest BCUT2D eigenvalue weighted by molar-refractivity contribution is 9.10. The van der Waals surface area contributed by atoms with Gasteiger partial charge < -0.3 is 15.4 Å². The van der Waals surface area contributed by atoms with E-state index in [9.17, 15) is 4.79 Å². The lowest BCUT2D eigenvalue weighted by Crippen LogP contribution is -2.31. The third-order valence-corrected chi connectivity index (χ3v) is 2.94. The van der Waals surface area contributed by atoms with E-state index < -0.39 is 0 Å². The highest BCUT2D eigenvalue weighted by Crippen LogP contribution is 2.27. The lowest BCUT2D eigenvalue weighted by atomic mass is 10.3. The number of carbonyl (C=O) groups excluding carboxylic acids is 1. The van der Waals surface area contributed by atoms with Crippen LogP contribution in [0, 0.1) is 0 Å². The minimum absolute atomic E-state index is 0.0570. The van der Waals surface area contributed by atoms with E-state index in [0.717, 1.165) is 15.9 Å². The maximum atomic E-state index is 11.4. The van der Waals surface area contributed by atoms with Gasteiger partial charge in [-0.1, -0.05) is 0 Å². The van der Waals surface area contributed by atoms with E-state index >= 15 is 0 Å². The van der Waals surface area contributed by atoms with Crippen LogP contribution in [-0.4, -0.2) is 25.6 Å². The summed E-state index contributed by atoms with van der Waals surface area (Å²) in [7, 11) is 1.62. The van der Waals surface area contributed by atoms with Crippen molar-refractivity contribution in [2.24, 2.45) is 0 Å². The number of benzene rings is 1. The van der Waals surface area contributed by atoms with Crippen LogP contribution in [0.4, 0.5) is 5.69 Å². The van der Waals surface area contributed by atoms with Gasteiger partial charge in [-0.25, -0.2) is 0 Å². The summed E-state index contributed by atoms with van der Waals surface area (Å²) in [5, 5.41) is 6.04. The molecule has 1 aromatic rings. The van der Waals surface area contributed by atoms with Crippen molar-refractivity contribution in [3.8, 4) is 5.75 Å². The van der Waals surface area contributed by atoms with Crippen LogP contribution < -0.4 is 15.4 Å². The minimum Gasteiger partial charge on any atom is -0.495 e. The molecule has 0 aliphatic heterocycles. The fourth-order valence-electron chi connectivity index (χ4n) is 1.48. The van der Waals surface area contributed by atoms with Gasteiger partial charge in [-0.15, -0.1) is 0 Å². The highest BCUT2D eigenvalue weighted by Gasteiger charge is 2.04. The number of hydrogen-bond donors (Lipinski definition) is 2. The van der Waals surface area contributed by atoms with Crippen molar-refractivity contribution < 1.29 is 9.53 Å². The van der Waals surface area contributed by atoms with Crippen LogP contribution in [0.5, 0.6) is 5.75 Å². The van der Waals surface area contributed by atoms with E-state index in [1.54, 1.807) is 7.11 Å². The fraction of sp³-hybridized carbons (Fsp3) is 0.462. The number of hydrogen-bond acceptors (Lipinski definition) is 3. The van der Waals surface area contributed by atoms with Crippen LogP contribution in [0.2, 0.25) is 0 Å². The first-order valence-electron chi connectivity index (χ1n) is 5.89. The van der Waals surface area contributed by atoms with E-state index in [4.69, 9.17) is 4.74 Å². The van der Waals surface area contributed by atoms with Gasteiger partial charge in [0.05, 0.1) is 11.6 Å². The molecule has 5 heteroatoms. The fourth-order valence-corrected chi connectivity index (χ4v) is 1.89. The van der Waals surface area contributed by atoms with Crippen molar-refractivity contribution in [1.82, 2.24) is 5.32 Å². The summed E-state index contributed by atoms with van der Waals surface area (Å²) in [6, 6.07) is 5.93. The largest absolute Gasteiger partial charge is 0.495 e. The molecular weight excluding hydrogens is 296 g/mol. The Kier molecular flexibility index (Phi) is 5.98. The summed E-state index contributed by atoms with van der Waals surface area (Å²) >= 11 is 3.39. The zero-order chi connectivity index (χ0) is 13.5. The van der Waals surface area contributed by atoms with Crippen LogP contribution in [0.3, 0.4) is 0 Å². The Labute approximate surface area is 116 Å². The predicted molar refractivity (Wildman–Crippen MR) is 77.1 cm³/mol. The molecule has 1 aromatic carbocycles. The lowest BCUT2D eigenvalue weighted by Gasteiger charge is -2.11. The molecule has 0 saturated heterocycles. The number of carbonyl (C=O) groups is 1. The molecule has 0 bridgehead atoms. The van der Waals surface area contributed by atoms with Gasteiger partial charge in [0.25, 0.3) is 0 Å². The van der Waals surface area contributed by atoms with Gasteiger partial charge in [-0.3, -0.25) is 4.79 Å². The van der Waals surface area contributed by atoms with Crippen LogP contribution in [0.15, 0.2) is 22.7 Å². The van der Waals surface area contributed by atoms with Gasteiger partial charge >= 0.3 is 0 Å². The molecule has 0 aliphatic rings. The van der Waals surface area contributed by atoms with Gasteiger partial charge in [-0.05, 0) is 41.9 Å². The molecule has 2 N–H and O–H groups in total. The minimum atomic E-state index is 0.0570. The number of amides is 1. The van der Waals surface area contributed by atoms with Crippen molar-refractivity contribution in [3.05, 3.63) is 22.7 Å². The Morgan fingerprint density at radius 2 is 2.17 bits per heavy atom. The molecule has 0 saturated carbocycles. The second-order valence-electron chi connectivity index (χ2n) is 4.25. The van der Waals surface area contributed by atoms with Gasteiger partial charge in [0.2, 0.25) is 5.91 Å². The van der Waals surface area contributed by atoms with Crippen molar-refractivity contribution in [1.29, 1.82) is 0 Å². The maximum absolute atomic E-state index is 11.4. The van der Waals surface area contributed by atoms with Crippen molar-refractivity contribution in [2.45, 2.75) is 26.3 Å². The Morgan fingerprint density at radius 3 is 2.78 bits per heavy atom. The summed E-state index contributed by atoms with van der Waals surface area (Å²) in [5.41, 5.74) is 0.937. The molecular formula is C13H19BrN2O2. The molecule has 0 aliphatic carbocycles. The average molecular weight is 315 g/mol. The van der Waals surface area contributed by atoms with E-state index in [-0.39, 0.29) is 11.9 Å². The summed E-state index contributed by atoms with van der Waals surface area (Å²) < 4.78 is 6.11. The first-order valence-corrected chi connectivity index (χ1v) is 6.69. The van der Waals surface area contributed by atoms with Crippen LogP contribution in [0.1, 0.15) is 20.3 Å². The van der Waals surface area contributed by atoms with Crippen molar-refractivity contribution in [3.63, 3.8) is 0 Å². The Balaban J connectivity index is 2.42. The summed E-state index contributed by atoms with van der Waals surface area (Å²) in [5.74, 6) is 0.827. The van der Waals surface area contributed by atoms with E-state index in [0.29, 0.717) is 13.0 Å². The molecule has 18 heavy (non-hydrogen) atoms. The molecule has 1 amide bonds. The molecule has 1 rings (SSSR count). The van der Waals surface area contributed by atoms with Gasteiger partial charge in [-0.2, -0.15) is 0 Å². The normalized spacial score (nSPS) is 10.3. The zero-order valence-corrected chi connectivity index (χ0v) is 12.5. The second-order valence-corrected chi connectivity index (χ2v) is 5.10. The molecule has 0 spiro atoms. The van der Waals surface area contributed by atoms with Crippen LogP contribution in [0.25, 0.3) is 0 Å². The van der Waals surface area contributed by atoms with Gasteiger partial charge in [0.1, 0.15) is 5.75 Å². The number of anilines is 1. The van der Waals surface area contributed by atoms with Crippen molar-refractivity contribution in [2.75, 3.05) is 19.0 Å². The third-order valence-electron chi connectivity index (χ3n) is 2.28. The number of ether oxygens (including phenoxy) is 1. The molecule has 0 fully saturated rings. The second kappa shape index (κ2) is 7.26. The number of methoxy groups -OCH3 is 1. The molecule has 0 unspecified atom stereocenters. The standard InChI is InChI=1S/C13H19BrN2O2/c1-9(2)16-13(17)6-7-15-10-4-5-11(14)12(8-10)18-3/h4-5,8-9,15H,6-7H2,1-3H3,(H,16,17). The highest BCUT2D eigenvalue weighted by atomic mass is 79.9. The summed E-state index contributed by atoms with van der Waals surface area (Å²) in [6.07, 6.45) is 0.455. The average Bonchev–Trinajstić information content (AvgIpc) is 2.30. The lowest BCUT2D eigenvalue weighted by molar-refractivity contribution is -0.121. The Bertz CT molecular complexity index is 408. The van der Waals surface area contributed by atoms with Gasteiger partial charge in [0.15, 0.2) is 0 Å². The quantitative estimate of drug-likeness (QED) is 0.849. The van der Waals surface area contributed by atoms with Gasteiger partial charge in [0, 0.05) is 30.8 Å². The Hall–Kier alpha value is -1.23. The van der Waals surface area contributed by atoms with E-state index in [1.807, 2.05) is 32.0 Å². The molecule has 0 heterocycles. The summed E-state index contributed by atoms with van der Waals surface area (Å²) in [4.78, 5) is 11.4. The number of rotatable bonds is 6. The zero-order valence-electron chi connectivity index (χ0n) is 10.9. The topological polar surface area (TPSA) is 50.4 Å². The van der Waals surface area contributed by atoms with E-state index in [2.05, 4.69) is 26.6 Å². The van der Waals surface area contributed by atoms with Crippen LogP contribution in [-0.2, 0) is 4.79 Å². The molecule has 0 aromatic heterocycles. The predicted octanol–water partition coefficient (Wildman–Crippen LogP) is 2.78. The van der Waals surface area contributed by atoms with E-state index in [1.165, 1.54) is 0 Å². The van der Waals surface area contributed by atoms with Crippen LogP contribution >= 0.6 is 15.9 Å². The molecule has 0 atom stereocenters. The summed E-state index contributed by atoms with van der Waals surface area (Å²) in [6.45, 7) is 4.50. The molecule has 100 valence electrons. The Morgan fingerprint density at radius 1 is 1.44 bits per heavy atom. The first-order chi connectivity index (χ1) is 8.52. The maximum Gasteiger partial charge on any atom is 0.221 e. The third kappa shape index (κ3) is 4.96. The number of nitrogens with one attached hydrogen (secondary N) is 2.